The van der Waals surface area contributed by atoms with E-state index in [0.29, 0.717) is 6.42 Å². The first-order valence-electron chi connectivity index (χ1n) is 15.2. The quantitative estimate of drug-likeness (QED) is 0.0964. The average molecular weight is 494 g/mol. The predicted molar refractivity (Wildman–Crippen MR) is 151 cm³/mol. The number of aliphatic carboxylic acids is 1. The van der Waals surface area contributed by atoms with Gasteiger partial charge in [-0.1, -0.05) is 129 Å². The number of hydrogen-bond donors (Lipinski definition) is 1. The molecule has 0 spiro atoms. The van der Waals surface area contributed by atoms with E-state index in [2.05, 4.69) is 31.7 Å². The van der Waals surface area contributed by atoms with Crippen LogP contribution in [0.5, 0.6) is 0 Å². The first kappa shape index (κ1) is 33.7. The second kappa shape index (κ2) is 25.8. The van der Waals surface area contributed by atoms with Crippen LogP contribution in [0.1, 0.15) is 156 Å². The maximum atomic E-state index is 13.5. The van der Waals surface area contributed by atoms with Crippen LogP contribution in [0.2, 0.25) is 0 Å². The van der Waals surface area contributed by atoms with Gasteiger partial charge < -0.3 is 10.0 Å². The van der Waals surface area contributed by atoms with Crippen LogP contribution in [0.25, 0.3) is 0 Å². The van der Waals surface area contributed by atoms with Crippen LogP contribution in [-0.4, -0.2) is 35.0 Å². The number of hydrogen-bond acceptors (Lipinski definition) is 2. The summed E-state index contributed by atoms with van der Waals surface area (Å²) in [6.07, 6.45) is 27.8. The summed E-state index contributed by atoms with van der Waals surface area (Å²) >= 11 is 0. The minimum absolute atomic E-state index is 0.0552. The van der Waals surface area contributed by atoms with E-state index in [0.717, 1.165) is 38.8 Å². The van der Waals surface area contributed by atoms with Gasteiger partial charge in [-0.25, -0.2) is 0 Å². The van der Waals surface area contributed by atoms with Crippen LogP contribution in [0.4, 0.5) is 0 Å². The number of carbonyl (C=O) groups is 2. The highest BCUT2D eigenvalue weighted by Crippen LogP contribution is 2.17. The van der Waals surface area contributed by atoms with Crippen molar-refractivity contribution in [2.45, 2.75) is 156 Å². The Labute approximate surface area is 218 Å². The van der Waals surface area contributed by atoms with Crippen LogP contribution in [0, 0.1) is 5.92 Å². The SMILES string of the molecule is CCCCCCCC/C=C/C(CCC(=O)O)C(=O)N(CCCCCCCC)CCCCCCCC. The van der Waals surface area contributed by atoms with Crippen LogP contribution >= 0.6 is 0 Å². The summed E-state index contributed by atoms with van der Waals surface area (Å²) in [5.74, 6) is -0.968. The molecular formula is C31H59NO3. The molecular weight excluding hydrogens is 434 g/mol. The van der Waals surface area contributed by atoms with Crippen molar-refractivity contribution < 1.29 is 14.7 Å². The first-order chi connectivity index (χ1) is 17.1. The summed E-state index contributed by atoms with van der Waals surface area (Å²) < 4.78 is 0. The zero-order valence-corrected chi connectivity index (χ0v) is 23.7. The summed E-state index contributed by atoms with van der Waals surface area (Å²) in [5, 5.41) is 9.23. The lowest BCUT2D eigenvalue weighted by molar-refractivity contribution is -0.138. The highest BCUT2D eigenvalue weighted by atomic mass is 16.4. The molecule has 1 N–H and O–H groups in total. The maximum Gasteiger partial charge on any atom is 0.303 e. The molecule has 1 unspecified atom stereocenters. The Kier molecular flexibility index (Phi) is 24.8. The van der Waals surface area contributed by atoms with Gasteiger partial charge >= 0.3 is 5.97 Å². The standard InChI is InChI=1S/C31H59NO3/c1-4-7-10-13-16-17-18-21-24-29(25-26-30(33)34)31(35)32(27-22-19-14-11-8-5-2)28-23-20-15-12-9-6-3/h21,24,29H,4-20,22-23,25-28H2,1-3H3,(H,33,34)/b24-21+. The van der Waals surface area contributed by atoms with E-state index in [9.17, 15) is 14.7 Å². The van der Waals surface area contributed by atoms with E-state index in [1.807, 2.05) is 6.08 Å². The molecule has 4 nitrogen and oxygen atoms in total. The Morgan fingerprint density at radius 3 is 1.54 bits per heavy atom. The molecule has 0 aromatic heterocycles. The van der Waals surface area contributed by atoms with Crippen molar-refractivity contribution in [1.29, 1.82) is 0 Å². The Balaban J connectivity index is 4.86. The van der Waals surface area contributed by atoms with Crippen molar-refractivity contribution in [3.8, 4) is 0 Å². The third-order valence-corrected chi connectivity index (χ3v) is 6.95. The summed E-state index contributed by atoms with van der Waals surface area (Å²) in [6, 6.07) is 0. The van der Waals surface area contributed by atoms with Crippen molar-refractivity contribution in [2.24, 2.45) is 5.92 Å². The molecule has 0 rings (SSSR count). The van der Waals surface area contributed by atoms with Crippen molar-refractivity contribution in [2.75, 3.05) is 13.1 Å². The van der Waals surface area contributed by atoms with Crippen LogP contribution in [-0.2, 0) is 9.59 Å². The number of carboxylic acids is 1. The van der Waals surface area contributed by atoms with E-state index in [1.165, 1.54) is 96.3 Å². The zero-order valence-electron chi connectivity index (χ0n) is 23.7. The fraction of sp³-hybridized carbons (Fsp3) is 0.871. The van der Waals surface area contributed by atoms with Crippen LogP contribution in [0.3, 0.4) is 0 Å². The molecule has 0 radical (unpaired) electrons. The molecule has 0 aromatic carbocycles. The number of unbranched alkanes of at least 4 members (excludes halogenated alkanes) is 16. The molecule has 35 heavy (non-hydrogen) atoms. The number of allylic oxidation sites excluding steroid dienone is 1. The average Bonchev–Trinajstić information content (AvgIpc) is 2.85. The third-order valence-electron chi connectivity index (χ3n) is 6.95. The van der Waals surface area contributed by atoms with Crippen molar-refractivity contribution >= 4 is 11.9 Å². The van der Waals surface area contributed by atoms with Crippen molar-refractivity contribution in [3.63, 3.8) is 0 Å². The zero-order chi connectivity index (χ0) is 26.0. The summed E-state index contributed by atoms with van der Waals surface area (Å²) in [4.78, 5) is 26.8. The van der Waals surface area contributed by atoms with Crippen molar-refractivity contribution in [1.82, 2.24) is 4.90 Å². The predicted octanol–water partition coefficient (Wildman–Crippen LogP) is 9.32. The van der Waals surface area contributed by atoms with E-state index in [1.54, 1.807) is 0 Å². The second-order valence-electron chi connectivity index (χ2n) is 10.4. The molecule has 206 valence electrons. The first-order valence-corrected chi connectivity index (χ1v) is 15.2. The number of carboxylic acid groups (broad SMARTS) is 1. The van der Waals surface area contributed by atoms with Gasteiger partial charge in [0.05, 0.1) is 5.92 Å². The monoisotopic (exact) mass is 493 g/mol. The topological polar surface area (TPSA) is 57.6 Å². The lowest BCUT2D eigenvalue weighted by Crippen LogP contribution is -2.37. The lowest BCUT2D eigenvalue weighted by atomic mass is 9.99. The molecule has 0 fully saturated rings. The maximum absolute atomic E-state index is 13.5. The molecule has 0 aliphatic rings. The molecule has 0 saturated heterocycles. The lowest BCUT2D eigenvalue weighted by Gasteiger charge is -2.26. The largest absolute Gasteiger partial charge is 0.481 e. The van der Waals surface area contributed by atoms with Gasteiger partial charge in [-0.3, -0.25) is 9.59 Å². The van der Waals surface area contributed by atoms with Crippen LogP contribution in [0.15, 0.2) is 12.2 Å². The highest BCUT2D eigenvalue weighted by molar-refractivity contribution is 5.81. The van der Waals surface area contributed by atoms with E-state index >= 15 is 0 Å². The Morgan fingerprint density at radius 1 is 0.657 bits per heavy atom. The van der Waals surface area contributed by atoms with Gasteiger partial charge in [0, 0.05) is 19.5 Å². The highest BCUT2D eigenvalue weighted by Gasteiger charge is 2.22. The molecule has 0 bridgehead atoms. The Bertz CT molecular complexity index is 501. The number of nitrogens with zero attached hydrogens (tertiary/aromatic N) is 1. The van der Waals surface area contributed by atoms with Crippen molar-refractivity contribution in [3.05, 3.63) is 12.2 Å². The molecule has 1 atom stereocenters. The fourth-order valence-electron chi connectivity index (χ4n) is 4.62. The Morgan fingerprint density at radius 2 is 1.09 bits per heavy atom. The minimum Gasteiger partial charge on any atom is -0.481 e. The van der Waals surface area contributed by atoms with Gasteiger partial charge in [-0.2, -0.15) is 0 Å². The van der Waals surface area contributed by atoms with Gasteiger partial charge in [0.15, 0.2) is 0 Å². The van der Waals surface area contributed by atoms with E-state index < -0.39 is 5.97 Å². The van der Waals surface area contributed by atoms with Gasteiger partial charge in [0.2, 0.25) is 5.91 Å². The van der Waals surface area contributed by atoms with E-state index in [-0.39, 0.29) is 18.2 Å². The molecule has 0 aliphatic heterocycles. The van der Waals surface area contributed by atoms with Gasteiger partial charge in [-0.15, -0.1) is 0 Å². The number of rotatable bonds is 26. The van der Waals surface area contributed by atoms with Gasteiger partial charge in [-0.05, 0) is 32.1 Å². The van der Waals surface area contributed by atoms with Crippen LogP contribution < -0.4 is 0 Å². The summed E-state index contributed by atoms with van der Waals surface area (Å²) in [6.45, 7) is 8.33. The molecule has 0 heterocycles. The Hall–Kier alpha value is -1.32. The summed E-state index contributed by atoms with van der Waals surface area (Å²) in [5.41, 5.74) is 0. The number of amides is 1. The normalized spacial score (nSPS) is 12.3. The van der Waals surface area contributed by atoms with Gasteiger partial charge in [0.25, 0.3) is 0 Å². The third kappa shape index (κ3) is 21.7. The van der Waals surface area contributed by atoms with Gasteiger partial charge in [0.1, 0.15) is 0 Å². The fourth-order valence-corrected chi connectivity index (χ4v) is 4.62. The molecule has 1 amide bonds. The number of carbonyl (C=O) groups excluding carboxylic acids is 1. The molecule has 4 heteroatoms. The molecule has 0 saturated carbocycles. The minimum atomic E-state index is -0.814. The second-order valence-corrected chi connectivity index (χ2v) is 10.4. The summed E-state index contributed by atoms with van der Waals surface area (Å²) in [7, 11) is 0. The molecule has 0 aromatic rings. The molecule has 0 aliphatic carbocycles. The van der Waals surface area contributed by atoms with E-state index in [4.69, 9.17) is 0 Å². The smallest absolute Gasteiger partial charge is 0.303 e.